The molecule has 0 aliphatic carbocycles. The Hall–Kier alpha value is -2.63. The first kappa shape index (κ1) is 18.2. The van der Waals surface area contributed by atoms with Gasteiger partial charge in [0.05, 0.1) is 22.3 Å². The Labute approximate surface area is 162 Å². The lowest BCUT2D eigenvalue weighted by Crippen LogP contribution is -2.49. The van der Waals surface area contributed by atoms with Gasteiger partial charge in [0, 0.05) is 5.70 Å². The summed E-state index contributed by atoms with van der Waals surface area (Å²) in [5, 5.41) is 9.98. The number of carbonyl (C=O) groups is 1. The quantitative estimate of drug-likeness (QED) is 0.695. The van der Waals surface area contributed by atoms with Gasteiger partial charge in [0.15, 0.2) is 5.11 Å². The monoisotopic (exact) mass is 383 g/mol. The molecule has 0 saturated heterocycles. The summed E-state index contributed by atoms with van der Waals surface area (Å²) >= 11 is 11.4. The molecule has 1 atom stereocenters. The number of thiocarbonyl (C=S) groups is 1. The minimum atomic E-state index is -0.341. The van der Waals surface area contributed by atoms with Crippen LogP contribution in [0.4, 0.5) is 5.69 Å². The van der Waals surface area contributed by atoms with E-state index in [0.29, 0.717) is 27.1 Å². The summed E-state index contributed by atoms with van der Waals surface area (Å²) in [6.45, 7) is 1.83. The number of amides is 1. The largest absolute Gasteiger partial charge is 0.352 e. The van der Waals surface area contributed by atoms with Crippen LogP contribution in [0.3, 0.4) is 0 Å². The molecule has 2 aromatic rings. The van der Waals surface area contributed by atoms with Gasteiger partial charge in [0.2, 0.25) is 0 Å². The molecule has 4 nitrogen and oxygen atoms in total. The minimum Gasteiger partial charge on any atom is -0.352 e. The number of benzene rings is 2. The van der Waals surface area contributed by atoms with Crippen molar-refractivity contribution in [2.75, 3.05) is 5.32 Å². The van der Waals surface area contributed by atoms with E-state index in [1.807, 2.05) is 61.5 Å². The third-order valence-corrected chi connectivity index (χ3v) is 4.50. The van der Waals surface area contributed by atoms with Crippen LogP contribution in [0, 0.1) is 0 Å². The molecule has 1 unspecified atom stereocenters. The van der Waals surface area contributed by atoms with Crippen LogP contribution in [0.15, 0.2) is 71.9 Å². The summed E-state index contributed by atoms with van der Waals surface area (Å²) in [6.07, 6.45) is 3.88. The first-order valence-electron chi connectivity index (χ1n) is 8.12. The molecular weight excluding hydrogens is 366 g/mol. The molecule has 1 amide bonds. The third-order valence-electron chi connectivity index (χ3n) is 3.95. The van der Waals surface area contributed by atoms with Crippen LogP contribution in [0.1, 0.15) is 12.5 Å². The Balaban J connectivity index is 1.87. The zero-order valence-electron chi connectivity index (χ0n) is 14.1. The van der Waals surface area contributed by atoms with Crippen molar-refractivity contribution in [3.63, 3.8) is 0 Å². The second kappa shape index (κ2) is 8.17. The molecule has 0 bridgehead atoms. The molecule has 1 heterocycles. The van der Waals surface area contributed by atoms with E-state index in [1.54, 1.807) is 12.1 Å². The van der Waals surface area contributed by atoms with E-state index in [-0.39, 0.29) is 11.9 Å². The topological polar surface area (TPSA) is 53.2 Å². The van der Waals surface area contributed by atoms with Gasteiger partial charge in [-0.3, -0.25) is 4.79 Å². The number of hydrogen-bond acceptors (Lipinski definition) is 2. The van der Waals surface area contributed by atoms with Gasteiger partial charge in [-0.15, -0.1) is 0 Å². The maximum Gasteiger partial charge on any atom is 0.255 e. The summed E-state index contributed by atoms with van der Waals surface area (Å²) < 4.78 is 0. The predicted octanol–water partition coefficient (Wildman–Crippen LogP) is 4.11. The zero-order chi connectivity index (χ0) is 18.5. The number of nitrogens with one attached hydrogen (secondary N) is 3. The van der Waals surface area contributed by atoms with Crippen molar-refractivity contribution in [3.8, 4) is 0 Å². The van der Waals surface area contributed by atoms with Gasteiger partial charge >= 0.3 is 0 Å². The zero-order valence-corrected chi connectivity index (χ0v) is 15.7. The van der Waals surface area contributed by atoms with Gasteiger partial charge in [0.1, 0.15) is 0 Å². The minimum absolute atomic E-state index is 0.235. The van der Waals surface area contributed by atoms with Crippen molar-refractivity contribution in [2.24, 2.45) is 0 Å². The van der Waals surface area contributed by atoms with Crippen LogP contribution in [0.25, 0.3) is 6.08 Å². The van der Waals surface area contributed by atoms with Gasteiger partial charge in [-0.2, -0.15) is 0 Å². The summed E-state index contributed by atoms with van der Waals surface area (Å²) in [4.78, 5) is 12.9. The number of hydrogen-bond donors (Lipinski definition) is 3. The molecule has 0 spiro atoms. The molecule has 26 heavy (non-hydrogen) atoms. The summed E-state index contributed by atoms with van der Waals surface area (Å²) in [5.41, 5.74) is 2.88. The molecule has 2 aromatic carbocycles. The van der Waals surface area contributed by atoms with Gasteiger partial charge in [0.25, 0.3) is 5.91 Å². The van der Waals surface area contributed by atoms with Gasteiger partial charge in [-0.1, -0.05) is 66.2 Å². The summed E-state index contributed by atoms with van der Waals surface area (Å²) in [7, 11) is 0. The number of halogens is 1. The maximum atomic E-state index is 12.9. The van der Waals surface area contributed by atoms with E-state index in [9.17, 15) is 4.79 Å². The van der Waals surface area contributed by atoms with Crippen molar-refractivity contribution in [1.29, 1.82) is 0 Å². The highest BCUT2D eigenvalue weighted by Crippen LogP contribution is 2.23. The first-order valence-corrected chi connectivity index (χ1v) is 8.90. The molecule has 0 radical (unpaired) electrons. The molecule has 1 aliphatic rings. The highest BCUT2D eigenvalue weighted by atomic mass is 35.5. The highest BCUT2D eigenvalue weighted by Gasteiger charge is 2.27. The Morgan fingerprint density at radius 3 is 2.58 bits per heavy atom. The van der Waals surface area contributed by atoms with Crippen LogP contribution >= 0.6 is 23.8 Å². The second-order valence-electron chi connectivity index (χ2n) is 5.82. The van der Waals surface area contributed by atoms with Crippen LogP contribution in [-0.2, 0) is 4.79 Å². The molecular formula is C20H18ClN3OS. The third kappa shape index (κ3) is 4.31. The second-order valence-corrected chi connectivity index (χ2v) is 6.63. The normalized spacial score (nSPS) is 17.0. The number of carbonyl (C=O) groups excluding carboxylic acids is 1. The van der Waals surface area contributed by atoms with Gasteiger partial charge < -0.3 is 16.0 Å². The number of anilines is 1. The number of rotatable bonds is 4. The Morgan fingerprint density at radius 1 is 1.15 bits per heavy atom. The van der Waals surface area contributed by atoms with E-state index in [1.165, 1.54) is 0 Å². The fraction of sp³-hybridized carbons (Fsp3) is 0.100. The molecule has 6 heteroatoms. The smallest absolute Gasteiger partial charge is 0.255 e. The van der Waals surface area contributed by atoms with Crippen LogP contribution in [0.5, 0.6) is 0 Å². The average Bonchev–Trinajstić information content (AvgIpc) is 2.62. The van der Waals surface area contributed by atoms with E-state index < -0.39 is 0 Å². The lowest BCUT2D eigenvalue weighted by atomic mass is 10.0. The molecule has 3 rings (SSSR count). The molecule has 0 saturated carbocycles. The standard InChI is InChI=1S/C20H18ClN3OS/c1-13-18(19(25)23-16-10-6-5-9-15(16)21)17(24-20(26)22-13)12-11-14-7-3-2-4-8-14/h2-12,17H,1H3,(H,23,25)(H2,22,24,26)/b12-11+. The fourth-order valence-electron chi connectivity index (χ4n) is 2.70. The van der Waals surface area contributed by atoms with E-state index in [0.717, 1.165) is 5.56 Å². The predicted molar refractivity (Wildman–Crippen MR) is 111 cm³/mol. The van der Waals surface area contributed by atoms with Crippen molar-refractivity contribution < 1.29 is 4.79 Å². The van der Waals surface area contributed by atoms with Gasteiger partial charge in [-0.25, -0.2) is 0 Å². The maximum absolute atomic E-state index is 12.9. The summed E-state index contributed by atoms with van der Waals surface area (Å²) in [5.74, 6) is -0.235. The molecule has 0 aromatic heterocycles. The molecule has 1 aliphatic heterocycles. The van der Waals surface area contributed by atoms with Gasteiger partial charge in [-0.05, 0) is 36.8 Å². The Kier molecular flexibility index (Phi) is 5.71. The Bertz CT molecular complexity index is 893. The first-order chi connectivity index (χ1) is 12.5. The lowest BCUT2D eigenvalue weighted by Gasteiger charge is -2.28. The van der Waals surface area contributed by atoms with E-state index >= 15 is 0 Å². The summed E-state index contributed by atoms with van der Waals surface area (Å²) in [6, 6.07) is 16.7. The highest BCUT2D eigenvalue weighted by molar-refractivity contribution is 7.80. The van der Waals surface area contributed by atoms with E-state index in [2.05, 4.69) is 16.0 Å². The lowest BCUT2D eigenvalue weighted by molar-refractivity contribution is -0.113. The fourth-order valence-corrected chi connectivity index (χ4v) is 3.16. The average molecular weight is 384 g/mol. The van der Waals surface area contributed by atoms with Crippen molar-refractivity contribution in [3.05, 3.63) is 82.5 Å². The number of allylic oxidation sites excluding steroid dienone is 1. The van der Waals surface area contributed by atoms with Crippen LogP contribution < -0.4 is 16.0 Å². The molecule has 132 valence electrons. The Morgan fingerprint density at radius 2 is 1.85 bits per heavy atom. The number of para-hydroxylation sites is 1. The van der Waals surface area contributed by atoms with Crippen LogP contribution in [-0.4, -0.2) is 17.1 Å². The SMILES string of the molecule is CC1=C(C(=O)Nc2ccccc2Cl)C(/C=C/c2ccccc2)NC(=S)N1. The van der Waals surface area contributed by atoms with E-state index in [4.69, 9.17) is 23.8 Å². The van der Waals surface area contributed by atoms with Crippen molar-refractivity contribution in [2.45, 2.75) is 13.0 Å². The van der Waals surface area contributed by atoms with Crippen molar-refractivity contribution >= 4 is 46.6 Å². The van der Waals surface area contributed by atoms with Crippen molar-refractivity contribution in [1.82, 2.24) is 10.6 Å². The van der Waals surface area contributed by atoms with Crippen LogP contribution in [0.2, 0.25) is 5.02 Å². The molecule has 3 N–H and O–H groups in total. The molecule has 0 fully saturated rings.